The lowest BCUT2D eigenvalue weighted by atomic mass is 10.2. The summed E-state index contributed by atoms with van der Waals surface area (Å²) >= 11 is 1.50. The fourth-order valence-electron chi connectivity index (χ4n) is 1.68. The van der Waals surface area contributed by atoms with Gasteiger partial charge in [-0.15, -0.1) is 11.3 Å². The topological polar surface area (TPSA) is 53.4 Å². The summed E-state index contributed by atoms with van der Waals surface area (Å²) in [7, 11) is 1.74. The predicted molar refractivity (Wildman–Crippen MR) is 78.3 cm³/mol. The van der Waals surface area contributed by atoms with E-state index in [1.807, 2.05) is 11.4 Å². The van der Waals surface area contributed by atoms with Gasteiger partial charge in [0.05, 0.1) is 4.88 Å². The number of rotatable bonds is 3. The Morgan fingerprint density at radius 1 is 1.50 bits per heavy atom. The first-order valence-corrected chi connectivity index (χ1v) is 6.92. The third-order valence-corrected chi connectivity index (χ3v) is 3.49. The van der Waals surface area contributed by atoms with Crippen LogP contribution < -0.4 is 0 Å². The van der Waals surface area contributed by atoms with E-state index in [9.17, 15) is 4.79 Å². The molecule has 0 saturated carbocycles. The molecule has 0 aliphatic heterocycles. The Morgan fingerprint density at radius 2 is 2.35 bits per heavy atom. The van der Waals surface area contributed by atoms with E-state index in [4.69, 9.17) is 5.11 Å². The first-order chi connectivity index (χ1) is 9.70. The maximum absolute atomic E-state index is 12.1. The molecular weight excluding hydrogens is 272 g/mol. The minimum Gasteiger partial charge on any atom is -0.384 e. The Morgan fingerprint density at radius 3 is 3.05 bits per heavy atom. The van der Waals surface area contributed by atoms with Gasteiger partial charge in [-0.3, -0.25) is 9.78 Å². The molecule has 2 heterocycles. The number of aliphatic hydroxyl groups excluding tert-OH is 1. The maximum atomic E-state index is 12.1. The van der Waals surface area contributed by atoms with Gasteiger partial charge >= 0.3 is 0 Å². The standard InChI is InChI=1S/C15H14N2O2S/c1-17(15(19)14-6-2-3-7-16-14)10-12-9-13(20-11-12)5-4-8-18/h2-3,6-7,9,11,18H,8,10H2,1H3. The van der Waals surface area contributed by atoms with Crippen LogP contribution in [-0.2, 0) is 6.54 Å². The molecule has 0 aromatic carbocycles. The Bertz CT molecular complexity index is 641. The van der Waals surface area contributed by atoms with Gasteiger partial charge in [0.1, 0.15) is 12.3 Å². The van der Waals surface area contributed by atoms with E-state index in [0.29, 0.717) is 12.2 Å². The highest BCUT2D eigenvalue weighted by Crippen LogP contribution is 2.15. The first-order valence-electron chi connectivity index (χ1n) is 6.04. The lowest BCUT2D eigenvalue weighted by Gasteiger charge is -2.15. The molecule has 1 amide bonds. The van der Waals surface area contributed by atoms with Crippen LogP contribution in [0.2, 0.25) is 0 Å². The van der Waals surface area contributed by atoms with Gasteiger partial charge in [-0.25, -0.2) is 0 Å². The minimum absolute atomic E-state index is 0.111. The first kappa shape index (κ1) is 14.3. The average Bonchev–Trinajstić information content (AvgIpc) is 2.92. The molecule has 20 heavy (non-hydrogen) atoms. The molecule has 2 aromatic rings. The normalized spacial score (nSPS) is 9.70. The molecule has 5 heteroatoms. The third kappa shape index (κ3) is 3.67. The number of pyridine rings is 1. The highest BCUT2D eigenvalue weighted by Gasteiger charge is 2.13. The Balaban J connectivity index is 2.02. The van der Waals surface area contributed by atoms with Crippen LogP contribution in [0.15, 0.2) is 35.8 Å². The van der Waals surface area contributed by atoms with E-state index in [1.165, 1.54) is 11.3 Å². The number of aliphatic hydroxyl groups is 1. The van der Waals surface area contributed by atoms with Crippen LogP contribution in [0, 0.1) is 11.8 Å². The number of carbonyl (C=O) groups is 1. The number of nitrogens with zero attached hydrogens (tertiary/aromatic N) is 2. The van der Waals surface area contributed by atoms with Crippen molar-refractivity contribution in [1.29, 1.82) is 0 Å². The summed E-state index contributed by atoms with van der Waals surface area (Å²) in [6, 6.07) is 7.20. The number of carbonyl (C=O) groups excluding carboxylic acids is 1. The van der Waals surface area contributed by atoms with Crippen molar-refractivity contribution in [3.63, 3.8) is 0 Å². The van der Waals surface area contributed by atoms with Gasteiger partial charge in [0.2, 0.25) is 0 Å². The fraction of sp³-hybridized carbons (Fsp3) is 0.200. The van der Waals surface area contributed by atoms with Crippen LogP contribution in [0.5, 0.6) is 0 Å². The second-order valence-electron chi connectivity index (χ2n) is 4.16. The quantitative estimate of drug-likeness (QED) is 0.875. The molecule has 0 atom stereocenters. The Kier molecular flexibility index (Phi) is 4.88. The van der Waals surface area contributed by atoms with Crippen molar-refractivity contribution < 1.29 is 9.90 Å². The minimum atomic E-state index is -0.148. The van der Waals surface area contributed by atoms with E-state index in [0.717, 1.165) is 10.4 Å². The van der Waals surface area contributed by atoms with E-state index in [-0.39, 0.29) is 12.5 Å². The molecule has 0 bridgehead atoms. The van der Waals surface area contributed by atoms with Gasteiger partial charge in [0.15, 0.2) is 0 Å². The summed E-state index contributed by atoms with van der Waals surface area (Å²) in [6.45, 7) is 0.359. The predicted octanol–water partition coefficient (Wildman–Crippen LogP) is 1.76. The molecule has 2 aromatic heterocycles. The molecule has 0 radical (unpaired) electrons. The van der Waals surface area contributed by atoms with Crippen molar-refractivity contribution in [2.45, 2.75) is 6.54 Å². The fourth-order valence-corrected chi connectivity index (χ4v) is 2.45. The summed E-state index contributed by atoms with van der Waals surface area (Å²) in [4.78, 5) is 18.7. The zero-order valence-corrected chi connectivity index (χ0v) is 11.9. The second kappa shape index (κ2) is 6.85. The maximum Gasteiger partial charge on any atom is 0.272 e. The Hall–Kier alpha value is -2.16. The van der Waals surface area contributed by atoms with Crippen LogP contribution in [0.1, 0.15) is 20.9 Å². The van der Waals surface area contributed by atoms with Crippen molar-refractivity contribution in [1.82, 2.24) is 9.88 Å². The number of hydrogen-bond donors (Lipinski definition) is 1. The number of aromatic nitrogens is 1. The summed E-state index contributed by atoms with van der Waals surface area (Å²) in [5.41, 5.74) is 1.45. The smallest absolute Gasteiger partial charge is 0.272 e. The zero-order valence-electron chi connectivity index (χ0n) is 11.0. The molecule has 0 spiro atoms. The largest absolute Gasteiger partial charge is 0.384 e. The van der Waals surface area contributed by atoms with E-state index < -0.39 is 0 Å². The molecule has 1 N–H and O–H groups in total. The summed E-state index contributed by atoms with van der Waals surface area (Å²) in [5, 5.41) is 10.6. The van der Waals surface area contributed by atoms with E-state index in [1.54, 1.807) is 36.3 Å². The number of amides is 1. The highest BCUT2D eigenvalue weighted by atomic mass is 32.1. The van der Waals surface area contributed by atoms with E-state index >= 15 is 0 Å². The lowest BCUT2D eigenvalue weighted by Crippen LogP contribution is -2.26. The van der Waals surface area contributed by atoms with Crippen LogP contribution in [0.4, 0.5) is 0 Å². The van der Waals surface area contributed by atoms with Crippen molar-refractivity contribution in [2.24, 2.45) is 0 Å². The van der Waals surface area contributed by atoms with Crippen molar-refractivity contribution in [2.75, 3.05) is 13.7 Å². The third-order valence-electron chi connectivity index (χ3n) is 2.59. The molecular formula is C15H14N2O2S. The monoisotopic (exact) mass is 286 g/mol. The second-order valence-corrected chi connectivity index (χ2v) is 5.07. The summed E-state index contributed by atoms with van der Waals surface area (Å²) < 4.78 is 0. The van der Waals surface area contributed by atoms with Crippen molar-refractivity contribution in [3.05, 3.63) is 52.0 Å². The SMILES string of the molecule is CN(Cc1csc(C#CCO)c1)C(=O)c1ccccn1. The number of hydrogen-bond acceptors (Lipinski definition) is 4. The highest BCUT2D eigenvalue weighted by molar-refractivity contribution is 7.10. The Labute approximate surface area is 121 Å². The molecule has 2 rings (SSSR count). The lowest BCUT2D eigenvalue weighted by molar-refractivity contribution is 0.0779. The van der Waals surface area contributed by atoms with Crippen molar-refractivity contribution >= 4 is 17.2 Å². The molecule has 0 fully saturated rings. The molecule has 102 valence electrons. The van der Waals surface area contributed by atoms with Crippen LogP contribution in [0.25, 0.3) is 0 Å². The van der Waals surface area contributed by atoms with Crippen molar-refractivity contribution in [3.8, 4) is 11.8 Å². The summed E-state index contributed by atoms with van der Waals surface area (Å²) in [6.07, 6.45) is 1.61. The van der Waals surface area contributed by atoms with Crippen LogP contribution in [-0.4, -0.2) is 34.6 Å². The van der Waals surface area contributed by atoms with Gasteiger partial charge in [0.25, 0.3) is 5.91 Å². The average molecular weight is 286 g/mol. The van der Waals surface area contributed by atoms with Crippen LogP contribution >= 0.6 is 11.3 Å². The number of thiophene rings is 1. The molecule has 0 aliphatic rings. The van der Waals surface area contributed by atoms with Gasteiger partial charge in [0, 0.05) is 19.8 Å². The molecule has 0 unspecified atom stereocenters. The molecule has 0 saturated heterocycles. The molecule has 4 nitrogen and oxygen atoms in total. The molecule has 0 aliphatic carbocycles. The zero-order chi connectivity index (χ0) is 14.4. The van der Waals surface area contributed by atoms with Gasteiger partial charge in [-0.1, -0.05) is 17.9 Å². The van der Waals surface area contributed by atoms with Gasteiger partial charge in [-0.05, 0) is 29.1 Å². The van der Waals surface area contributed by atoms with Gasteiger partial charge < -0.3 is 10.0 Å². The van der Waals surface area contributed by atoms with E-state index in [2.05, 4.69) is 16.8 Å². The van der Waals surface area contributed by atoms with Crippen LogP contribution in [0.3, 0.4) is 0 Å². The van der Waals surface area contributed by atoms with Gasteiger partial charge in [-0.2, -0.15) is 0 Å². The summed E-state index contributed by atoms with van der Waals surface area (Å²) in [5.74, 6) is 5.35.